The molecule has 0 spiro atoms. The molecule has 0 saturated carbocycles. The van der Waals surface area contributed by atoms with Gasteiger partial charge in [-0.25, -0.2) is 8.42 Å². The van der Waals surface area contributed by atoms with Crippen molar-refractivity contribution in [3.63, 3.8) is 0 Å². The van der Waals surface area contributed by atoms with Gasteiger partial charge in [-0.15, -0.1) is 10.2 Å². The predicted octanol–water partition coefficient (Wildman–Crippen LogP) is 2.13. The second kappa shape index (κ2) is 5.95. The summed E-state index contributed by atoms with van der Waals surface area (Å²) in [6.07, 6.45) is 3.28. The minimum Gasteiger partial charge on any atom is -0.285 e. The first kappa shape index (κ1) is 15.7. The summed E-state index contributed by atoms with van der Waals surface area (Å²) in [6, 6.07) is 13.3. The Morgan fingerprint density at radius 3 is 2.88 bits per heavy atom. The van der Waals surface area contributed by atoms with Gasteiger partial charge < -0.3 is 0 Å². The van der Waals surface area contributed by atoms with Gasteiger partial charge in [0, 0.05) is 12.7 Å². The Hall–Kier alpha value is -2.76. The standard InChI is InChI=1S/C17H15N5O2S/c18-12-13-5-3-6-14(11-13)25(23,24)22-10-4-7-15(22)17-20-19-16-8-1-2-9-21(16)17/h1-3,5-6,8-9,11,15H,4,7,10H2/t15-/m1/s1. The Bertz CT molecular complexity index is 1080. The van der Waals surface area contributed by atoms with E-state index in [1.165, 1.54) is 16.4 Å². The molecular formula is C17H15N5O2S. The Kier molecular flexibility index (Phi) is 3.75. The molecule has 0 amide bonds. The van der Waals surface area contributed by atoms with E-state index in [0.29, 0.717) is 30.0 Å². The highest BCUT2D eigenvalue weighted by atomic mass is 32.2. The molecule has 1 saturated heterocycles. The Labute approximate surface area is 145 Å². The molecule has 1 fully saturated rings. The molecule has 126 valence electrons. The number of hydrogen-bond acceptors (Lipinski definition) is 5. The van der Waals surface area contributed by atoms with Crippen LogP contribution in [0.5, 0.6) is 0 Å². The lowest BCUT2D eigenvalue weighted by molar-refractivity contribution is 0.381. The second-order valence-corrected chi connectivity index (χ2v) is 7.79. The van der Waals surface area contributed by atoms with Gasteiger partial charge in [-0.1, -0.05) is 12.1 Å². The normalized spacial score (nSPS) is 18.4. The second-order valence-electron chi connectivity index (χ2n) is 5.90. The number of aromatic nitrogens is 3. The lowest BCUT2D eigenvalue weighted by atomic mass is 10.2. The lowest BCUT2D eigenvalue weighted by Gasteiger charge is -2.23. The quantitative estimate of drug-likeness (QED) is 0.719. The number of nitriles is 1. The summed E-state index contributed by atoms with van der Waals surface area (Å²) in [4.78, 5) is 0.132. The molecule has 0 N–H and O–H groups in total. The number of rotatable bonds is 3. The molecule has 0 radical (unpaired) electrons. The maximum atomic E-state index is 13.1. The third-order valence-electron chi connectivity index (χ3n) is 4.41. The summed E-state index contributed by atoms with van der Waals surface area (Å²) < 4.78 is 29.5. The maximum absolute atomic E-state index is 13.1. The van der Waals surface area contributed by atoms with Crippen molar-refractivity contribution in [1.29, 1.82) is 5.26 Å². The Morgan fingerprint density at radius 1 is 1.16 bits per heavy atom. The smallest absolute Gasteiger partial charge is 0.243 e. The molecule has 25 heavy (non-hydrogen) atoms. The molecule has 1 atom stereocenters. The Balaban J connectivity index is 1.77. The first-order valence-corrected chi connectivity index (χ1v) is 9.37. The molecule has 8 heteroatoms. The van der Waals surface area contributed by atoms with E-state index in [9.17, 15) is 8.42 Å². The monoisotopic (exact) mass is 353 g/mol. The molecule has 1 aliphatic heterocycles. The van der Waals surface area contributed by atoms with Crippen LogP contribution in [0.3, 0.4) is 0 Å². The molecule has 3 aromatic rings. The van der Waals surface area contributed by atoms with Crippen molar-refractivity contribution < 1.29 is 8.42 Å². The van der Waals surface area contributed by atoms with E-state index in [1.54, 1.807) is 12.1 Å². The topological polar surface area (TPSA) is 91.4 Å². The SMILES string of the molecule is N#Cc1cccc(S(=O)(=O)N2CCC[C@@H]2c2nnc3ccccn23)c1. The zero-order valence-corrected chi connectivity index (χ0v) is 14.1. The van der Waals surface area contributed by atoms with Crippen molar-refractivity contribution in [2.75, 3.05) is 6.54 Å². The van der Waals surface area contributed by atoms with Gasteiger partial charge in [0.2, 0.25) is 10.0 Å². The summed E-state index contributed by atoms with van der Waals surface area (Å²) in [6.45, 7) is 0.422. The average molecular weight is 353 g/mol. The van der Waals surface area contributed by atoms with Crippen molar-refractivity contribution in [3.8, 4) is 6.07 Å². The fourth-order valence-corrected chi connectivity index (χ4v) is 4.94. The van der Waals surface area contributed by atoms with Crippen LogP contribution in [0.4, 0.5) is 0 Å². The molecule has 3 heterocycles. The first-order chi connectivity index (χ1) is 12.1. The highest BCUT2D eigenvalue weighted by Crippen LogP contribution is 2.35. The molecule has 0 bridgehead atoms. The van der Waals surface area contributed by atoms with Crippen molar-refractivity contribution in [2.24, 2.45) is 0 Å². The number of nitrogens with zero attached hydrogens (tertiary/aromatic N) is 5. The molecule has 7 nitrogen and oxygen atoms in total. The fourth-order valence-electron chi connectivity index (χ4n) is 3.23. The summed E-state index contributed by atoms with van der Waals surface area (Å²) >= 11 is 0. The highest BCUT2D eigenvalue weighted by molar-refractivity contribution is 7.89. The molecular weight excluding hydrogens is 338 g/mol. The zero-order valence-electron chi connectivity index (χ0n) is 13.3. The van der Waals surface area contributed by atoms with Crippen molar-refractivity contribution >= 4 is 15.7 Å². The maximum Gasteiger partial charge on any atom is 0.243 e. The van der Waals surface area contributed by atoms with Crippen molar-refractivity contribution in [1.82, 2.24) is 18.9 Å². The minimum atomic E-state index is -3.71. The van der Waals surface area contributed by atoms with E-state index in [0.717, 1.165) is 6.42 Å². The molecule has 0 unspecified atom stereocenters. The van der Waals surface area contributed by atoms with Gasteiger partial charge >= 0.3 is 0 Å². The number of sulfonamides is 1. The minimum absolute atomic E-state index is 0.132. The van der Waals surface area contributed by atoms with Crippen molar-refractivity contribution in [3.05, 3.63) is 60.0 Å². The number of benzene rings is 1. The molecule has 1 aliphatic rings. The molecule has 0 aliphatic carbocycles. The van der Waals surface area contributed by atoms with Gasteiger partial charge in [-0.2, -0.15) is 9.57 Å². The largest absolute Gasteiger partial charge is 0.285 e. The predicted molar refractivity (Wildman–Crippen MR) is 90.0 cm³/mol. The summed E-state index contributed by atoms with van der Waals surface area (Å²) in [7, 11) is -3.71. The van der Waals surface area contributed by atoms with Crippen LogP contribution in [-0.4, -0.2) is 33.9 Å². The molecule has 2 aromatic heterocycles. The van der Waals surface area contributed by atoms with Crippen molar-refractivity contribution in [2.45, 2.75) is 23.8 Å². The van der Waals surface area contributed by atoms with Crippen LogP contribution < -0.4 is 0 Å². The van der Waals surface area contributed by atoms with E-state index in [-0.39, 0.29) is 10.9 Å². The van der Waals surface area contributed by atoms with Crippen LogP contribution in [0, 0.1) is 11.3 Å². The van der Waals surface area contributed by atoms with Crippen LogP contribution in [0.25, 0.3) is 5.65 Å². The first-order valence-electron chi connectivity index (χ1n) is 7.93. The van der Waals surface area contributed by atoms with Gasteiger partial charge in [0.05, 0.1) is 22.6 Å². The average Bonchev–Trinajstić information content (AvgIpc) is 3.28. The van der Waals surface area contributed by atoms with E-state index in [4.69, 9.17) is 5.26 Å². The third kappa shape index (κ3) is 2.58. The molecule has 1 aromatic carbocycles. The third-order valence-corrected chi connectivity index (χ3v) is 6.32. The summed E-state index contributed by atoms with van der Waals surface area (Å²) in [5.41, 5.74) is 1.01. The van der Waals surface area contributed by atoms with Gasteiger partial charge in [-0.3, -0.25) is 4.40 Å². The number of hydrogen-bond donors (Lipinski definition) is 0. The number of pyridine rings is 1. The van der Waals surface area contributed by atoms with Gasteiger partial charge in [0.25, 0.3) is 0 Å². The van der Waals surface area contributed by atoms with Crippen LogP contribution in [-0.2, 0) is 10.0 Å². The van der Waals surface area contributed by atoms with Crippen LogP contribution in [0.2, 0.25) is 0 Å². The van der Waals surface area contributed by atoms with E-state index in [2.05, 4.69) is 10.2 Å². The fraction of sp³-hybridized carbons (Fsp3) is 0.235. The zero-order chi connectivity index (χ0) is 17.4. The van der Waals surface area contributed by atoms with Gasteiger partial charge in [0.15, 0.2) is 11.5 Å². The van der Waals surface area contributed by atoms with Crippen LogP contribution >= 0.6 is 0 Å². The Morgan fingerprint density at radius 2 is 2.04 bits per heavy atom. The highest BCUT2D eigenvalue weighted by Gasteiger charge is 2.38. The van der Waals surface area contributed by atoms with E-state index >= 15 is 0 Å². The molecule has 4 rings (SSSR count). The van der Waals surface area contributed by atoms with E-state index < -0.39 is 10.0 Å². The summed E-state index contributed by atoms with van der Waals surface area (Å²) in [5.74, 6) is 0.619. The lowest BCUT2D eigenvalue weighted by Crippen LogP contribution is -2.31. The van der Waals surface area contributed by atoms with Gasteiger partial charge in [-0.05, 0) is 43.2 Å². The summed E-state index contributed by atoms with van der Waals surface area (Å²) in [5, 5.41) is 17.4. The van der Waals surface area contributed by atoms with Crippen LogP contribution in [0.15, 0.2) is 53.6 Å². The van der Waals surface area contributed by atoms with E-state index in [1.807, 2.05) is 34.9 Å². The van der Waals surface area contributed by atoms with Crippen LogP contribution in [0.1, 0.15) is 30.3 Å². The van der Waals surface area contributed by atoms with Gasteiger partial charge in [0.1, 0.15) is 0 Å². The number of fused-ring (bicyclic) bond motifs is 1.